The van der Waals surface area contributed by atoms with Crippen molar-refractivity contribution in [3.63, 3.8) is 0 Å². The largest absolute Gasteiger partial charge is 0.484 e. The smallest absolute Gasteiger partial charge is 0.422 e. The molecule has 0 unspecified atom stereocenters. The summed E-state index contributed by atoms with van der Waals surface area (Å²) in [6.07, 6.45) is -4.39. The lowest BCUT2D eigenvalue weighted by Gasteiger charge is -2.16. The van der Waals surface area contributed by atoms with Gasteiger partial charge < -0.3 is 20.1 Å². The van der Waals surface area contributed by atoms with Crippen LogP contribution in [0.1, 0.15) is 28.1 Å². The van der Waals surface area contributed by atoms with Crippen molar-refractivity contribution >= 4 is 5.96 Å². The van der Waals surface area contributed by atoms with Crippen molar-refractivity contribution in [1.29, 1.82) is 0 Å². The van der Waals surface area contributed by atoms with Crippen molar-refractivity contribution in [3.8, 4) is 5.75 Å². The Morgan fingerprint density at radius 1 is 1.16 bits per heavy atom. The number of aryl methyl sites for hydroxylation is 2. The van der Waals surface area contributed by atoms with E-state index < -0.39 is 12.8 Å². The minimum Gasteiger partial charge on any atom is -0.484 e. The SMILES string of the molecule is CN=C(NCc1ccc(C)cc1OCC(F)(F)F)NCc1c(C)nn(CCOC)c1C. The maximum atomic E-state index is 12.6. The van der Waals surface area contributed by atoms with E-state index in [2.05, 4.69) is 20.7 Å². The second-order valence-electron chi connectivity index (χ2n) is 7.16. The third-order valence-corrected chi connectivity index (χ3v) is 4.76. The van der Waals surface area contributed by atoms with Gasteiger partial charge in [-0.25, -0.2) is 0 Å². The fourth-order valence-electron chi connectivity index (χ4n) is 3.06. The summed E-state index contributed by atoms with van der Waals surface area (Å²) < 4.78 is 49.7. The van der Waals surface area contributed by atoms with Crippen LogP contribution in [0, 0.1) is 20.8 Å². The Hall–Kier alpha value is -2.75. The molecule has 1 heterocycles. The van der Waals surface area contributed by atoms with Crippen LogP contribution in [0.3, 0.4) is 0 Å². The lowest BCUT2D eigenvalue weighted by atomic mass is 10.1. The molecule has 2 aromatic rings. The number of halogens is 3. The summed E-state index contributed by atoms with van der Waals surface area (Å²) in [5, 5.41) is 10.9. The van der Waals surface area contributed by atoms with E-state index in [9.17, 15) is 13.2 Å². The van der Waals surface area contributed by atoms with Crippen LogP contribution in [0.25, 0.3) is 0 Å². The Morgan fingerprint density at radius 2 is 1.87 bits per heavy atom. The number of hydrogen-bond acceptors (Lipinski definition) is 4. The third-order valence-electron chi connectivity index (χ3n) is 4.76. The molecule has 0 bridgehead atoms. The average Bonchev–Trinajstić information content (AvgIpc) is 2.98. The van der Waals surface area contributed by atoms with Crippen LogP contribution in [0.15, 0.2) is 23.2 Å². The first-order chi connectivity index (χ1) is 14.6. The highest BCUT2D eigenvalue weighted by Crippen LogP contribution is 2.23. The highest BCUT2D eigenvalue weighted by Gasteiger charge is 2.28. The van der Waals surface area contributed by atoms with Crippen LogP contribution in [0.2, 0.25) is 0 Å². The van der Waals surface area contributed by atoms with Crippen molar-refractivity contribution < 1.29 is 22.6 Å². The zero-order valence-electron chi connectivity index (χ0n) is 18.6. The molecule has 31 heavy (non-hydrogen) atoms. The first-order valence-corrected chi connectivity index (χ1v) is 9.90. The molecule has 0 spiro atoms. The molecule has 0 atom stereocenters. The highest BCUT2D eigenvalue weighted by molar-refractivity contribution is 5.79. The van der Waals surface area contributed by atoms with Gasteiger partial charge in [-0.2, -0.15) is 18.3 Å². The van der Waals surface area contributed by atoms with Crippen molar-refractivity contribution in [2.45, 2.75) is 46.6 Å². The Labute approximate surface area is 180 Å². The number of aromatic nitrogens is 2. The molecule has 1 aromatic heterocycles. The van der Waals surface area contributed by atoms with Crippen molar-refractivity contribution in [1.82, 2.24) is 20.4 Å². The molecule has 0 aliphatic rings. The molecule has 0 fully saturated rings. The number of guanidine groups is 1. The standard InChI is InChI=1S/C21H30F3N5O2/c1-14-6-7-17(19(10-14)31-13-21(22,23)24)11-26-20(25-4)27-12-18-15(2)28-29(16(18)3)8-9-30-5/h6-7,10H,8-9,11-13H2,1-5H3,(H2,25,26,27). The van der Waals surface area contributed by atoms with Gasteiger partial charge in [-0.1, -0.05) is 12.1 Å². The van der Waals surface area contributed by atoms with E-state index in [4.69, 9.17) is 9.47 Å². The molecule has 7 nitrogen and oxygen atoms in total. The number of methoxy groups -OCH3 is 1. The van der Waals surface area contributed by atoms with Gasteiger partial charge in [0.1, 0.15) is 5.75 Å². The molecule has 0 radical (unpaired) electrons. The first kappa shape index (κ1) is 24.5. The van der Waals surface area contributed by atoms with Gasteiger partial charge in [0.25, 0.3) is 0 Å². The van der Waals surface area contributed by atoms with Gasteiger partial charge in [0.2, 0.25) is 0 Å². The van der Waals surface area contributed by atoms with Crippen molar-refractivity contribution in [2.24, 2.45) is 4.99 Å². The maximum absolute atomic E-state index is 12.6. The zero-order chi connectivity index (χ0) is 23.0. The Balaban J connectivity index is 2.00. The fraction of sp³-hybridized carbons (Fsp3) is 0.524. The average molecular weight is 441 g/mol. The van der Waals surface area contributed by atoms with Gasteiger partial charge >= 0.3 is 6.18 Å². The molecule has 2 N–H and O–H groups in total. The van der Waals surface area contributed by atoms with Crippen LogP contribution < -0.4 is 15.4 Å². The first-order valence-electron chi connectivity index (χ1n) is 9.90. The summed E-state index contributed by atoms with van der Waals surface area (Å²) >= 11 is 0. The topological polar surface area (TPSA) is 72.7 Å². The molecule has 0 amide bonds. The minimum absolute atomic E-state index is 0.200. The van der Waals surface area contributed by atoms with E-state index in [1.165, 1.54) is 0 Å². The van der Waals surface area contributed by atoms with E-state index in [1.54, 1.807) is 33.2 Å². The molecule has 2 rings (SSSR count). The fourth-order valence-corrected chi connectivity index (χ4v) is 3.06. The second kappa shape index (κ2) is 11.0. The van der Waals surface area contributed by atoms with Gasteiger partial charge in [0.15, 0.2) is 12.6 Å². The van der Waals surface area contributed by atoms with E-state index in [0.717, 1.165) is 22.5 Å². The molecule has 0 saturated carbocycles. The summed E-state index contributed by atoms with van der Waals surface area (Å²) in [5.74, 6) is 0.720. The number of alkyl halides is 3. The van der Waals surface area contributed by atoms with Gasteiger partial charge in [0, 0.05) is 44.1 Å². The van der Waals surface area contributed by atoms with Crippen LogP contribution in [-0.4, -0.2) is 49.3 Å². The number of ether oxygens (including phenoxy) is 2. The summed E-state index contributed by atoms with van der Waals surface area (Å²) in [7, 11) is 3.28. The van der Waals surface area contributed by atoms with Crippen molar-refractivity contribution in [3.05, 3.63) is 46.3 Å². The van der Waals surface area contributed by atoms with E-state index in [0.29, 0.717) is 31.2 Å². The molecule has 172 valence electrons. The predicted molar refractivity (Wildman–Crippen MR) is 113 cm³/mol. The molecular weight excluding hydrogens is 411 g/mol. The van der Waals surface area contributed by atoms with Crippen molar-refractivity contribution in [2.75, 3.05) is 27.4 Å². The summed E-state index contributed by atoms with van der Waals surface area (Å²) in [4.78, 5) is 4.19. The number of benzene rings is 1. The van der Waals surface area contributed by atoms with Gasteiger partial charge in [0.05, 0.1) is 18.8 Å². The molecule has 0 aliphatic heterocycles. The van der Waals surface area contributed by atoms with Crippen LogP contribution in [-0.2, 0) is 24.4 Å². The zero-order valence-corrected chi connectivity index (χ0v) is 18.6. The predicted octanol–water partition coefficient (Wildman–Crippen LogP) is 3.26. The molecule has 0 saturated heterocycles. The summed E-state index contributed by atoms with van der Waals surface area (Å²) in [6.45, 7) is 6.43. The summed E-state index contributed by atoms with van der Waals surface area (Å²) in [5.41, 5.74) is 4.44. The van der Waals surface area contributed by atoms with Crippen LogP contribution in [0.4, 0.5) is 13.2 Å². The maximum Gasteiger partial charge on any atom is 0.422 e. The second-order valence-corrected chi connectivity index (χ2v) is 7.16. The van der Waals surface area contributed by atoms with Crippen LogP contribution >= 0.6 is 0 Å². The molecule has 10 heteroatoms. The number of hydrogen-bond donors (Lipinski definition) is 2. The van der Waals surface area contributed by atoms with E-state index in [1.807, 2.05) is 24.6 Å². The Kier molecular flexibility index (Phi) is 8.73. The summed E-state index contributed by atoms with van der Waals surface area (Å²) in [6, 6.07) is 5.17. The molecule has 0 aliphatic carbocycles. The Morgan fingerprint density at radius 3 is 2.52 bits per heavy atom. The number of aliphatic imine (C=N–C) groups is 1. The van der Waals surface area contributed by atoms with Gasteiger partial charge in [-0.05, 0) is 32.4 Å². The quantitative estimate of drug-likeness (QED) is 0.462. The molecule has 1 aromatic carbocycles. The highest BCUT2D eigenvalue weighted by atomic mass is 19.4. The number of nitrogens with one attached hydrogen (secondary N) is 2. The van der Waals surface area contributed by atoms with E-state index in [-0.39, 0.29) is 12.3 Å². The van der Waals surface area contributed by atoms with Gasteiger partial charge in [-0.15, -0.1) is 0 Å². The number of rotatable bonds is 9. The monoisotopic (exact) mass is 441 g/mol. The molecular formula is C21H30F3N5O2. The van der Waals surface area contributed by atoms with E-state index >= 15 is 0 Å². The normalized spacial score (nSPS) is 12.2. The Bertz CT molecular complexity index is 894. The lowest BCUT2D eigenvalue weighted by Crippen LogP contribution is -2.36. The lowest BCUT2D eigenvalue weighted by molar-refractivity contribution is -0.153. The van der Waals surface area contributed by atoms with Gasteiger partial charge in [-0.3, -0.25) is 9.67 Å². The third kappa shape index (κ3) is 7.46. The number of nitrogens with zero attached hydrogens (tertiary/aromatic N) is 3. The minimum atomic E-state index is -4.39. The van der Waals surface area contributed by atoms with Crippen LogP contribution in [0.5, 0.6) is 5.75 Å².